The minimum absolute atomic E-state index is 0.137. The molecule has 0 amide bonds. The largest absolute Gasteiger partial charge is 0.296 e. The molecule has 0 aliphatic heterocycles. The number of ketones is 1. The molecule has 1 aromatic rings. The molecule has 0 aliphatic rings. The Morgan fingerprint density at radius 1 is 1.46 bits per heavy atom. The van der Waals surface area contributed by atoms with Gasteiger partial charge in [-0.15, -0.1) is 11.3 Å². The van der Waals surface area contributed by atoms with Crippen molar-refractivity contribution in [2.24, 2.45) is 0 Å². The van der Waals surface area contributed by atoms with Gasteiger partial charge in [-0.25, -0.2) is 8.78 Å². The monoisotopic (exact) mass is 204 g/mol. The fourth-order valence-electron chi connectivity index (χ4n) is 0.956. The average Bonchev–Trinajstić information content (AvgIpc) is 2.52. The van der Waals surface area contributed by atoms with Crippen LogP contribution in [0, 0.1) is 0 Å². The summed E-state index contributed by atoms with van der Waals surface area (Å²) in [5.74, 6) is -0.996. The van der Waals surface area contributed by atoms with Gasteiger partial charge in [0.25, 0.3) is 6.43 Å². The van der Waals surface area contributed by atoms with Crippen LogP contribution < -0.4 is 0 Å². The van der Waals surface area contributed by atoms with Gasteiger partial charge in [-0.2, -0.15) is 0 Å². The number of thiophene rings is 1. The molecule has 0 spiro atoms. The Bertz CT molecular complexity index is 294. The highest BCUT2D eigenvalue weighted by Gasteiger charge is 2.16. The molecule has 0 unspecified atom stereocenters. The molecule has 1 aromatic heterocycles. The Morgan fingerprint density at radius 3 is 2.54 bits per heavy atom. The van der Waals surface area contributed by atoms with Gasteiger partial charge >= 0.3 is 0 Å². The van der Waals surface area contributed by atoms with E-state index in [4.69, 9.17) is 0 Å². The van der Waals surface area contributed by atoms with Crippen LogP contribution in [0.3, 0.4) is 0 Å². The third-order valence-electron chi connectivity index (χ3n) is 1.66. The van der Waals surface area contributed by atoms with E-state index >= 15 is 0 Å². The molecule has 13 heavy (non-hydrogen) atoms. The second-order valence-corrected chi connectivity index (χ2v) is 3.92. The van der Waals surface area contributed by atoms with Gasteiger partial charge < -0.3 is 0 Å². The van der Waals surface area contributed by atoms with Crippen molar-refractivity contribution >= 4 is 17.1 Å². The molecular weight excluding hydrogens is 194 g/mol. The lowest BCUT2D eigenvalue weighted by molar-refractivity contribution is -0.128. The SMILES string of the molecule is CCc1ccc(CC(=O)C(F)F)s1. The van der Waals surface area contributed by atoms with E-state index in [9.17, 15) is 13.6 Å². The third-order valence-corrected chi connectivity index (χ3v) is 2.89. The maximum Gasteiger partial charge on any atom is 0.296 e. The minimum Gasteiger partial charge on any atom is -0.293 e. The maximum absolute atomic E-state index is 11.9. The summed E-state index contributed by atoms with van der Waals surface area (Å²) in [5.41, 5.74) is 0. The molecule has 1 heterocycles. The predicted molar refractivity (Wildman–Crippen MR) is 48.4 cm³/mol. The van der Waals surface area contributed by atoms with Crippen molar-refractivity contribution in [1.82, 2.24) is 0 Å². The van der Waals surface area contributed by atoms with Gasteiger partial charge in [0.1, 0.15) is 0 Å². The van der Waals surface area contributed by atoms with Gasteiger partial charge in [0.15, 0.2) is 0 Å². The number of hydrogen-bond donors (Lipinski definition) is 0. The Kier molecular flexibility index (Phi) is 3.54. The molecule has 0 atom stereocenters. The van der Waals surface area contributed by atoms with Crippen molar-refractivity contribution in [3.05, 3.63) is 21.9 Å². The molecule has 0 fully saturated rings. The number of halogens is 2. The zero-order valence-corrected chi connectivity index (χ0v) is 8.04. The summed E-state index contributed by atoms with van der Waals surface area (Å²) in [5, 5.41) is 0. The van der Waals surface area contributed by atoms with Crippen LogP contribution in [-0.4, -0.2) is 12.2 Å². The van der Waals surface area contributed by atoms with E-state index in [-0.39, 0.29) is 6.42 Å². The summed E-state index contributed by atoms with van der Waals surface area (Å²) in [4.78, 5) is 12.5. The van der Waals surface area contributed by atoms with E-state index in [1.807, 2.05) is 13.0 Å². The van der Waals surface area contributed by atoms with Crippen LogP contribution in [0.1, 0.15) is 16.7 Å². The van der Waals surface area contributed by atoms with Crippen LogP contribution in [0.15, 0.2) is 12.1 Å². The van der Waals surface area contributed by atoms with Crippen molar-refractivity contribution in [2.45, 2.75) is 26.2 Å². The molecule has 1 nitrogen and oxygen atoms in total. The van der Waals surface area contributed by atoms with Crippen molar-refractivity contribution < 1.29 is 13.6 Å². The predicted octanol–water partition coefficient (Wildman–Crippen LogP) is 2.69. The molecule has 0 saturated heterocycles. The molecule has 0 aromatic carbocycles. The van der Waals surface area contributed by atoms with Gasteiger partial charge in [0.05, 0.1) is 0 Å². The van der Waals surface area contributed by atoms with Gasteiger partial charge in [-0.05, 0) is 18.6 Å². The lowest BCUT2D eigenvalue weighted by atomic mass is 10.2. The van der Waals surface area contributed by atoms with Gasteiger partial charge in [0, 0.05) is 16.2 Å². The first-order valence-electron chi connectivity index (χ1n) is 4.02. The minimum atomic E-state index is -2.84. The van der Waals surface area contributed by atoms with Gasteiger partial charge in [-0.3, -0.25) is 4.79 Å². The summed E-state index contributed by atoms with van der Waals surface area (Å²) in [6.45, 7) is 1.99. The standard InChI is InChI=1S/C9H10F2OS/c1-2-6-3-4-7(13-6)5-8(12)9(10)11/h3-4,9H,2,5H2,1H3. The molecule has 4 heteroatoms. The highest BCUT2D eigenvalue weighted by molar-refractivity contribution is 7.12. The highest BCUT2D eigenvalue weighted by atomic mass is 32.1. The number of hydrogen-bond acceptors (Lipinski definition) is 2. The zero-order chi connectivity index (χ0) is 9.84. The third kappa shape index (κ3) is 2.88. The highest BCUT2D eigenvalue weighted by Crippen LogP contribution is 2.18. The molecule has 0 aliphatic carbocycles. The molecule has 0 N–H and O–H groups in total. The average molecular weight is 204 g/mol. The quantitative estimate of drug-likeness (QED) is 0.737. The van der Waals surface area contributed by atoms with Crippen molar-refractivity contribution in [1.29, 1.82) is 0 Å². The number of alkyl halides is 2. The number of rotatable bonds is 4. The summed E-state index contributed by atoms with van der Waals surface area (Å²) >= 11 is 1.42. The second kappa shape index (κ2) is 4.46. The van der Waals surface area contributed by atoms with Crippen molar-refractivity contribution in [3.63, 3.8) is 0 Å². The summed E-state index contributed by atoms with van der Waals surface area (Å²) in [7, 11) is 0. The Hall–Kier alpha value is -0.770. The van der Waals surface area contributed by atoms with Gasteiger partial charge in [0.2, 0.25) is 5.78 Å². The number of aryl methyl sites for hydroxylation is 1. The van der Waals surface area contributed by atoms with Crippen LogP contribution in [0.2, 0.25) is 0 Å². The van der Waals surface area contributed by atoms with Crippen molar-refractivity contribution in [2.75, 3.05) is 0 Å². The van der Waals surface area contributed by atoms with Crippen LogP contribution in [0.5, 0.6) is 0 Å². The molecule has 1 rings (SSSR count). The fourth-order valence-corrected chi connectivity index (χ4v) is 1.92. The van der Waals surface area contributed by atoms with Crippen LogP contribution in [0.25, 0.3) is 0 Å². The number of Topliss-reactive ketones (excluding diaryl/α,β-unsaturated/α-hetero) is 1. The molecule has 0 saturated carbocycles. The lowest BCUT2D eigenvalue weighted by Gasteiger charge is -1.95. The van der Waals surface area contributed by atoms with E-state index in [1.165, 1.54) is 11.3 Å². The molecule has 0 radical (unpaired) electrons. The normalized spacial score (nSPS) is 10.8. The Morgan fingerprint density at radius 2 is 2.08 bits per heavy atom. The summed E-state index contributed by atoms with van der Waals surface area (Å²) in [6.07, 6.45) is -2.09. The van der Waals surface area contributed by atoms with Crippen LogP contribution in [-0.2, 0) is 17.6 Å². The van der Waals surface area contributed by atoms with Crippen LogP contribution >= 0.6 is 11.3 Å². The zero-order valence-electron chi connectivity index (χ0n) is 7.22. The lowest BCUT2D eigenvalue weighted by Crippen LogP contribution is -2.11. The van der Waals surface area contributed by atoms with E-state index in [2.05, 4.69) is 0 Å². The van der Waals surface area contributed by atoms with Crippen LogP contribution in [0.4, 0.5) is 8.78 Å². The van der Waals surface area contributed by atoms with Crippen molar-refractivity contribution in [3.8, 4) is 0 Å². The topological polar surface area (TPSA) is 17.1 Å². The first-order valence-corrected chi connectivity index (χ1v) is 4.83. The first kappa shape index (κ1) is 10.3. The first-order chi connectivity index (χ1) is 6.13. The van der Waals surface area contributed by atoms with E-state index in [0.717, 1.165) is 16.2 Å². The smallest absolute Gasteiger partial charge is 0.293 e. The van der Waals surface area contributed by atoms with E-state index < -0.39 is 12.2 Å². The van der Waals surface area contributed by atoms with Gasteiger partial charge in [-0.1, -0.05) is 6.92 Å². The molecule has 72 valence electrons. The fraction of sp³-hybridized carbons (Fsp3) is 0.444. The summed E-state index contributed by atoms with van der Waals surface area (Å²) < 4.78 is 23.7. The molecular formula is C9H10F2OS. The number of carbonyl (C=O) groups excluding carboxylic acids is 1. The molecule has 0 bridgehead atoms. The second-order valence-electron chi connectivity index (χ2n) is 2.67. The van der Waals surface area contributed by atoms with E-state index in [1.54, 1.807) is 6.07 Å². The Labute approximate surface area is 79.4 Å². The van der Waals surface area contributed by atoms with E-state index in [0.29, 0.717) is 0 Å². The number of carbonyl (C=O) groups is 1. The Balaban J connectivity index is 2.59. The maximum atomic E-state index is 11.9. The summed E-state index contributed by atoms with van der Waals surface area (Å²) in [6, 6.07) is 3.61.